The Hall–Kier alpha value is -0.870. The summed E-state index contributed by atoms with van der Waals surface area (Å²) in [4.78, 5) is 0. The highest BCUT2D eigenvalue weighted by molar-refractivity contribution is 7.85. The van der Waals surface area contributed by atoms with E-state index in [1.165, 1.54) is 0 Å². The molecule has 2 rings (SSSR count). The molecule has 0 saturated heterocycles. The molecule has 0 fully saturated rings. The maximum atomic E-state index is 12.7. The highest BCUT2D eigenvalue weighted by Crippen LogP contribution is 2.34. The second-order valence-corrected chi connectivity index (χ2v) is 7.86. The monoisotopic (exact) mass is 309 g/mol. The van der Waals surface area contributed by atoms with Crippen molar-refractivity contribution >= 4 is 10.8 Å². The molecule has 3 nitrogen and oxygen atoms in total. The second-order valence-electron chi connectivity index (χ2n) is 6.09. The maximum absolute atomic E-state index is 12.7. The summed E-state index contributed by atoms with van der Waals surface area (Å²) in [6, 6.07) is 8.26. The first-order valence-electron chi connectivity index (χ1n) is 7.95. The molecule has 0 amide bonds. The van der Waals surface area contributed by atoms with E-state index in [0.717, 1.165) is 36.5 Å². The molecule has 1 aromatic carbocycles. The molecule has 1 aromatic rings. The summed E-state index contributed by atoms with van der Waals surface area (Å²) in [6.45, 7) is 8.00. The van der Waals surface area contributed by atoms with Crippen molar-refractivity contribution in [2.45, 2.75) is 44.9 Å². The molecule has 0 saturated carbocycles. The molecule has 21 heavy (non-hydrogen) atoms. The van der Waals surface area contributed by atoms with Crippen molar-refractivity contribution in [3.05, 3.63) is 29.8 Å². The topological polar surface area (TPSA) is 38.3 Å². The van der Waals surface area contributed by atoms with E-state index in [4.69, 9.17) is 4.74 Å². The second kappa shape index (κ2) is 7.95. The third-order valence-corrected chi connectivity index (χ3v) is 5.60. The fourth-order valence-electron chi connectivity index (χ4n) is 2.61. The molecule has 1 heterocycles. The fraction of sp³-hybridized carbons (Fsp3) is 0.647. The van der Waals surface area contributed by atoms with E-state index in [9.17, 15) is 4.21 Å². The summed E-state index contributed by atoms with van der Waals surface area (Å²) in [5, 5.41) is 3.62. The van der Waals surface area contributed by atoms with Crippen molar-refractivity contribution in [1.82, 2.24) is 5.32 Å². The van der Waals surface area contributed by atoms with Crippen molar-refractivity contribution in [3.63, 3.8) is 0 Å². The largest absolute Gasteiger partial charge is 0.492 e. The van der Waals surface area contributed by atoms with Gasteiger partial charge in [-0.25, -0.2) is 0 Å². The lowest BCUT2D eigenvalue weighted by Crippen LogP contribution is -2.43. The van der Waals surface area contributed by atoms with Crippen LogP contribution in [0.5, 0.6) is 5.75 Å². The van der Waals surface area contributed by atoms with Crippen molar-refractivity contribution in [2.75, 3.05) is 18.9 Å². The highest BCUT2D eigenvalue weighted by Gasteiger charge is 2.34. The van der Waals surface area contributed by atoms with Crippen LogP contribution in [0.4, 0.5) is 0 Å². The lowest BCUT2D eigenvalue weighted by Gasteiger charge is -2.34. The number of nitrogens with one attached hydrogen (secondary N) is 1. The molecular formula is C17H27NO2S. The minimum Gasteiger partial charge on any atom is -0.492 e. The average molecular weight is 309 g/mol. The Labute approximate surface area is 130 Å². The molecule has 1 aliphatic heterocycles. The van der Waals surface area contributed by atoms with E-state index in [1.807, 2.05) is 18.2 Å². The molecule has 1 aliphatic rings. The molecule has 1 N–H and O–H groups in total. The molecule has 0 bridgehead atoms. The van der Waals surface area contributed by atoms with Gasteiger partial charge in [-0.2, -0.15) is 0 Å². The Morgan fingerprint density at radius 3 is 2.86 bits per heavy atom. The van der Waals surface area contributed by atoms with E-state index in [-0.39, 0.29) is 11.3 Å². The molecule has 118 valence electrons. The van der Waals surface area contributed by atoms with Gasteiger partial charge in [-0.15, -0.1) is 0 Å². The smallest absolute Gasteiger partial charge is 0.124 e. The Kier molecular flexibility index (Phi) is 6.24. The Bertz CT molecular complexity index is 476. The fourth-order valence-corrected chi connectivity index (χ4v) is 4.38. The van der Waals surface area contributed by atoms with Gasteiger partial charge in [0.25, 0.3) is 0 Å². The standard InChI is InChI=1S/C17H27NO2S/c1-4-10-18-17-14-7-5-6-8-15(14)20-12-16(17)21(19)11-9-13(2)3/h5-8,13,16-18H,4,9-12H2,1-3H3. The van der Waals surface area contributed by atoms with Crippen LogP contribution < -0.4 is 10.1 Å². The Morgan fingerprint density at radius 1 is 1.38 bits per heavy atom. The zero-order valence-corrected chi connectivity index (χ0v) is 14.1. The SMILES string of the molecule is CCCNC1c2ccccc2OCC1S(=O)CCC(C)C. The first-order valence-corrected chi connectivity index (χ1v) is 9.34. The summed E-state index contributed by atoms with van der Waals surface area (Å²) in [6.07, 6.45) is 2.08. The first-order chi connectivity index (χ1) is 10.1. The zero-order chi connectivity index (χ0) is 15.2. The van der Waals surface area contributed by atoms with Crippen molar-refractivity contribution in [3.8, 4) is 5.75 Å². The van der Waals surface area contributed by atoms with E-state index in [1.54, 1.807) is 0 Å². The van der Waals surface area contributed by atoms with Gasteiger partial charge in [-0.1, -0.05) is 39.0 Å². The summed E-state index contributed by atoms with van der Waals surface area (Å²) in [5.41, 5.74) is 1.15. The minimum absolute atomic E-state index is 0.0465. The van der Waals surface area contributed by atoms with Crippen LogP contribution in [0.25, 0.3) is 0 Å². The molecule has 3 unspecified atom stereocenters. The summed E-state index contributed by atoms with van der Waals surface area (Å²) in [7, 11) is -0.855. The summed E-state index contributed by atoms with van der Waals surface area (Å²) in [5.74, 6) is 2.29. The average Bonchev–Trinajstić information content (AvgIpc) is 2.50. The maximum Gasteiger partial charge on any atom is 0.124 e. The number of hydrogen-bond acceptors (Lipinski definition) is 3. The lowest BCUT2D eigenvalue weighted by molar-refractivity contribution is 0.258. The number of para-hydroxylation sites is 1. The minimum atomic E-state index is -0.855. The molecule has 0 aromatic heterocycles. The van der Waals surface area contributed by atoms with Crippen LogP contribution in [0.2, 0.25) is 0 Å². The predicted molar refractivity (Wildman–Crippen MR) is 89.2 cm³/mol. The van der Waals surface area contributed by atoms with E-state index in [0.29, 0.717) is 12.5 Å². The number of ether oxygens (including phenoxy) is 1. The Morgan fingerprint density at radius 2 is 2.14 bits per heavy atom. The van der Waals surface area contributed by atoms with Crippen LogP contribution in [0.1, 0.15) is 45.2 Å². The molecule has 3 atom stereocenters. The molecule has 0 aliphatic carbocycles. The number of rotatable bonds is 7. The highest BCUT2D eigenvalue weighted by atomic mass is 32.2. The van der Waals surface area contributed by atoms with Crippen LogP contribution in [0.3, 0.4) is 0 Å². The van der Waals surface area contributed by atoms with Crippen LogP contribution in [0, 0.1) is 5.92 Å². The molecular weight excluding hydrogens is 282 g/mol. The quantitative estimate of drug-likeness (QED) is 0.840. The molecule has 4 heteroatoms. The van der Waals surface area contributed by atoms with Gasteiger partial charge in [0.1, 0.15) is 12.4 Å². The van der Waals surface area contributed by atoms with E-state index >= 15 is 0 Å². The van der Waals surface area contributed by atoms with Gasteiger partial charge in [0.15, 0.2) is 0 Å². The van der Waals surface area contributed by atoms with Crippen LogP contribution in [-0.2, 0) is 10.8 Å². The van der Waals surface area contributed by atoms with Crippen LogP contribution in [-0.4, -0.2) is 28.4 Å². The third-order valence-electron chi connectivity index (χ3n) is 3.88. The normalized spacial score (nSPS) is 22.7. The van der Waals surface area contributed by atoms with Crippen LogP contribution in [0.15, 0.2) is 24.3 Å². The Balaban J connectivity index is 2.14. The first kappa shape index (κ1) is 16.5. The van der Waals surface area contributed by atoms with Gasteiger partial charge < -0.3 is 10.1 Å². The number of hydrogen-bond donors (Lipinski definition) is 1. The summed E-state index contributed by atoms with van der Waals surface area (Å²) >= 11 is 0. The third kappa shape index (κ3) is 4.30. The van der Waals surface area contributed by atoms with Crippen LogP contribution >= 0.6 is 0 Å². The molecule has 0 spiro atoms. The van der Waals surface area contributed by atoms with Gasteiger partial charge in [-0.3, -0.25) is 4.21 Å². The van der Waals surface area contributed by atoms with Crippen molar-refractivity contribution < 1.29 is 8.95 Å². The van der Waals surface area contributed by atoms with Gasteiger partial charge in [0.2, 0.25) is 0 Å². The van der Waals surface area contributed by atoms with Crippen molar-refractivity contribution in [1.29, 1.82) is 0 Å². The summed E-state index contributed by atoms with van der Waals surface area (Å²) < 4.78 is 18.5. The van der Waals surface area contributed by atoms with Gasteiger partial charge in [-0.05, 0) is 31.4 Å². The lowest BCUT2D eigenvalue weighted by atomic mass is 10.00. The zero-order valence-electron chi connectivity index (χ0n) is 13.3. The van der Waals surface area contributed by atoms with Crippen molar-refractivity contribution in [2.24, 2.45) is 5.92 Å². The molecule has 0 radical (unpaired) electrons. The van der Waals surface area contributed by atoms with Gasteiger partial charge in [0, 0.05) is 22.1 Å². The van der Waals surface area contributed by atoms with Gasteiger partial charge >= 0.3 is 0 Å². The number of fused-ring (bicyclic) bond motifs is 1. The predicted octanol–water partition coefficient (Wildman–Crippen LogP) is 3.28. The van der Waals surface area contributed by atoms with E-state index < -0.39 is 10.8 Å². The van der Waals surface area contributed by atoms with Gasteiger partial charge in [0.05, 0.1) is 11.3 Å². The number of benzene rings is 1. The van der Waals surface area contributed by atoms with E-state index in [2.05, 4.69) is 32.2 Å².